The highest BCUT2D eigenvalue weighted by Crippen LogP contribution is 2.13. The van der Waals surface area contributed by atoms with Crippen molar-refractivity contribution in [3.05, 3.63) is 60.1 Å². The first-order chi connectivity index (χ1) is 14.9. The Morgan fingerprint density at radius 3 is 2.45 bits per heavy atom. The molecule has 31 heavy (non-hydrogen) atoms. The summed E-state index contributed by atoms with van der Waals surface area (Å²) >= 11 is 0. The summed E-state index contributed by atoms with van der Waals surface area (Å²) in [7, 11) is -3.51. The number of carbonyl (C=O) groups excluding carboxylic acids is 1. The van der Waals surface area contributed by atoms with Gasteiger partial charge in [-0.1, -0.05) is 30.3 Å². The molecule has 8 nitrogen and oxygen atoms in total. The number of benzene rings is 1. The van der Waals surface area contributed by atoms with Gasteiger partial charge in [0.2, 0.25) is 15.9 Å². The molecular weight excluding hydrogens is 418 g/mol. The molecule has 0 radical (unpaired) electrons. The first-order valence-electron chi connectivity index (χ1n) is 10.5. The van der Waals surface area contributed by atoms with Crippen molar-refractivity contribution in [3.63, 3.8) is 0 Å². The fraction of sp³-hybridized carbons (Fsp3) is 0.500. The van der Waals surface area contributed by atoms with Crippen LogP contribution in [0.15, 0.2) is 53.1 Å². The molecule has 9 heteroatoms. The second kappa shape index (κ2) is 11.4. The fourth-order valence-electron chi connectivity index (χ4n) is 3.54. The van der Waals surface area contributed by atoms with Gasteiger partial charge in [0.05, 0.1) is 38.8 Å². The average Bonchev–Trinajstić information content (AvgIpc) is 3.26. The van der Waals surface area contributed by atoms with Gasteiger partial charge in [-0.25, -0.2) is 8.42 Å². The van der Waals surface area contributed by atoms with E-state index < -0.39 is 10.0 Å². The minimum atomic E-state index is -3.51. The van der Waals surface area contributed by atoms with Crippen molar-refractivity contribution in [1.29, 1.82) is 0 Å². The molecule has 1 aliphatic rings. The summed E-state index contributed by atoms with van der Waals surface area (Å²) < 4.78 is 36.7. The van der Waals surface area contributed by atoms with Crippen LogP contribution in [-0.2, 0) is 32.6 Å². The van der Waals surface area contributed by atoms with Crippen LogP contribution in [0.2, 0.25) is 0 Å². The lowest BCUT2D eigenvalue weighted by Gasteiger charge is -2.28. The van der Waals surface area contributed by atoms with Gasteiger partial charge in [0.15, 0.2) is 0 Å². The predicted octanol–water partition coefficient (Wildman–Crippen LogP) is 1.79. The zero-order valence-corrected chi connectivity index (χ0v) is 18.8. The topological polar surface area (TPSA) is 83.3 Å². The molecule has 0 saturated carbocycles. The van der Waals surface area contributed by atoms with Crippen molar-refractivity contribution >= 4 is 15.9 Å². The summed E-state index contributed by atoms with van der Waals surface area (Å²) in [5, 5.41) is 0. The van der Waals surface area contributed by atoms with Crippen LogP contribution in [0.25, 0.3) is 0 Å². The fourth-order valence-corrected chi connectivity index (χ4v) is 4.34. The smallest absolute Gasteiger partial charge is 0.238 e. The van der Waals surface area contributed by atoms with Gasteiger partial charge in [0, 0.05) is 26.2 Å². The highest BCUT2D eigenvalue weighted by molar-refractivity contribution is 7.88. The number of sulfonamides is 1. The Bertz CT molecular complexity index is 896. The maximum Gasteiger partial charge on any atom is 0.238 e. The zero-order valence-electron chi connectivity index (χ0n) is 18.0. The summed E-state index contributed by atoms with van der Waals surface area (Å²) in [6.07, 6.45) is 3.38. The Morgan fingerprint density at radius 2 is 1.81 bits per heavy atom. The lowest BCUT2D eigenvalue weighted by Crippen LogP contribution is -2.43. The minimum absolute atomic E-state index is 0.185. The highest BCUT2D eigenvalue weighted by Gasteiger charge is 2.24. The van der Waals surface area contributed by atoms with Crippen LogP contribution in [0.3, 0.4) is 0 Å². The molecule has 0 aliphatic carbocycles. The van der Waals surface area contributed by atoms with E-state index in [4.69, 9.17) is 9.15 Å². The summed E-state index contributed by atoms with van der Waals surface area (Å²) in [6, 6.07) is 13.2. The first-order valence-corrected chi connectivity index (χ1v) is 12.4. The van der Waals surface area contributed by atoms with Crippen molar-refractivity contribution in [1.82, 2.24) is 14.1 Å². The number of nitrogens with zero attached hydrogens (tertiary/aromatic N) is 3. The number of rotatable bonds is 11. The number of morpholine rings is 1. The number of hydrogen-bond acceptors (Lipinski definition) is 6. The van der Waals surface area contributed by atoms with Crippen LogP contribution in [0, 0.1) is 0 Å². The van der Waals surface area contributed by atoms with E-state index in [1.54, 1.807) is 17.2 Å². The average molecular weight is 450 g/mol. The molecule has 1 fully saturated rings. The molecule has 1 aromatic heterocycles. The van der Waals surface area contributed by atoms with Crippen LogP contribution in [-0.4, -0.2) is 80.6 Å². The highest BCUT2D eigenvalue weighted by atomic mass is 32.2. The number of furan rings is 1. The molecule has 2 heterocycles. The van der Waals surface area contributed by atoms with Gasteiger partial charge in [-0.2, -0.15) is 4.31 Å². The number of ether oxygens (including phenoxy) is 1. The Hall–Kier alpha value is -2.20. The van der Waals surface area contributed by atoms with Crippen molar-refractivity contribution in [2.75, 3.05) is 52.2 Å². The van der Waals surface area contributed by atoms with Crippen molar-refractivity contribution in [3.8, 4) is 0 Å². The van der Waals surface area contributed by atoms with E-state index in [9.17, 15) is 13.2 Å². The molecule has 1 aliphatic heterocycles. The Labute approximate surface area is 184 Å². The van der Waals surface area contributed by atoms with E-state index in [0.717, 1.165) is 31.5 Å². The van der Waals surface area contributed by atoms with Crippen LogP contribution in [0.5, 0.6) is 0 Å². The van der Waals surface area contributed by atoms with Crippen molar-refractivity contribution < 1.29 is 22.4 Å². The van der Waals surface area contributed by atoms with Gasteiger partial charge >= 0.3 is 0 Å². The predicted molar refractivity (Wildman–Crippen MR) is 118 cm³/mol. The van der Waals surface area contributed by atoms with Crippen molar-refractivity contribution in [2.24, 2.45) is 0 Å². The molecule has 2 aromatic rings. The lowest BCUT2D eigenvalue weighted by atomic mass is 10.2. The Kier molecular flexibility index (Phi) is 8.65. The second-order valence-electron chi connectivity index (χ2n) is 7.72. The molecule has 1 saturated heterocycles. The van der Waals surface area contributed by atoms with E-state index in [1.807, 2.05) is 36.4 Å². The Morgan fingerprint density at radius 1 is 1.06 bits per heavy atom. The van der Waals surface area contributed by atoms with Gasteiger partial charge in [-0.3, -0.25) is 9.69 Å². The van der Waals surface area contributed by atoms with E-state index in [0.29, 0.717) is 38.5 Å². The molecule has 0 unspecified atom stereocenters. The summed E-state index contributed by atoms with van der Waals surface area (Å²) in [5.74, 6) is 0.402. The van der Waals surface area contributed by atoms with Gasteiger partial charge in [-0.05, 0) is 30.7 Å². The molecule has 0 N–H and O–H groups in total. The van der Waals surface area contributed by atoms with Crippen LogP contribution in [0.1, 0.15) is 17.7 Å². The molecule has 1 aromatic carbocycles. The third kappa shape index (κ3) is 7.77. The van der Waals surface area contributed by atoms with E-state index in [1.165, 1.54) is 4.31 Å². The van der Waals surface area contributed by atoms with E-state index >= 15 is 0 Å². The van der Waals surface area contributed by atoms with E-state index in [-0.39, 0.29) is 19.0 Å². The van der Waals surface area contributed by atoms with Crippen LogP contribution in [0.4, 0.5) is 0 Å². The summed E-state index contributed by atoms with van der Waals surface area (Å²) in [6.45, 7) is 4.68. The van der Waals surface area contributed by atoms with Crippen molar-refractivity contribution in [2.45, 2.75) is 19.5 Å². The van der Waals surface area contributed by atoms with Gasteiger partial charge in [0.25, 0.3) is 0 Å². The zero-order chi connectivity index (χ0) is 22.1. The first kappa shape index (κ1) is 23.5. The molecule has 1 amide bonds. The largest absolute Gasteiger partial charge is 0.467 e. The molecule has 3 rings (SSSR count). The monoisotopic (exact) mass is 449 g/mol. The number of amides is 1. The standard InChI is InChI=1S/C22H31N3O5S/c1-31(27,28)25(11-6-10-23-12-15-29-16-13-23)19-22(26)24(18-21-9-5-14-30-21)17-20-7-3-2-4-8-20/h2-5,7-9,14H,6,10-13,15-19H2,1H3. The number of carbonyl (C=O) groups is 1. The Balaban J connectivity index is 1.63. The third-order valence-electron chi connectivity index (χ3n) is 5.26. The molecular formula is C22H31N3O5S. The molecule has 0 bridgehead atoms. The third-order valence-corrected chi connectivity index (χ3v) is 6.51. The van der Waals surface area contributed by atoms with Crippen LogP contribution >= 0.6 is 0 Å². The lowest BCUT2D eigenvalue weighted by molar-refractivity contribution is -0.133. The molecule has 170 valence electrons. The second-order valence-corrected chi connectivity index (χ2v) is 9.70. The normalized spacial score (nSPS) is 15.3. The molecule has 0 atom stereocenters. The number of hydrogen-bond donors (Lipinski definition) is 0. The summed E-state index contributed by atoms with van der Waals surface area (Å²) in [5.41, 5.74) is 0.973. The van der Waals surface area contributed by atoms with Gasteiger partial charge in [0.1, 0.15) is 5.76 Å². The van der Waals surface area contributed by atoms with Gasteiger partial charge < -0.3 is 14.1 Å². The van der Waals surface area contributed by atoms with E-state index in [2.05, 4.69) is 4.90 Å². The van der Waals surface area contributed by atoms with Gasteiger partial charge in [-0.15, -0.1) is 0 Å². The quantitative estimate of drug-likeness (QED) is 0.520. The SMILES string of the molecule is CS(=O)(=O)N(CCCN1CCOCC1)CC(=O)N(Cc1ccccc1)Cc1ccco1. The maximum absolute atomic E-state index is 13.1. The van der Waals surface area contributed by atoms with Crippen LogP contribution < -0.4 is 0 Å². The molecule has 0 spiro atoms. The minimum Gasteiger partial charge on any atom is -0.467 e. The maximum atomic E-state index is 13.1. The summed E-state index contributed by atoms with van der Waals surface area (Å²) in [4.78, 5) is 17.0.